The summed E-state index contributed by atoms with van der Waals surface area (Å²) < 4.78 is 15.6. The van der Waals surface area contributed by atoms with Crippen molar-refractivity contribution in [3.8, 4) is 5.75 Å². The molecule has 0 amide bonds. The molecule has 0 radical (unpaired) electrons. The zero-order valence-corrected chi connectivity index (χ0v) is 14.3. The van der Waals surface area contributed by atoms with Gasteiger partial charge in [0, 0.05) is 6.92 Å². The molecule has 0 aliphatic carbocycles. The summed E-state index contributed by atoms with van der Waals surface area (Å²) in [5.74, 6) is 1.18. The van der Waals surface area contributed by atoms with E-state index in [4.69, 9.17) is 14.0 Å². The summed E-state index contributed by atoms with van der Waals surface area (Å²) in [6.45, 7) is 2.13. The van der Waals surface area contributed by atoms with Crippen molar-refractivity contribution in [1.29, 1.82) is 0 Å². The summed E-state index contributed by atoms with van der Waals surface area (Å²) in [6, 6.07) is 16.5. The number of benzene rings is 2. The Morgan fingerprint density at radius 1 is 1.12 bits per heavy atom. The Morgan fingerprint density at radius 2 is 1.88 bits per heavy atom. The van der Waals surface area contributed by atoms with E-state index >= 15 is 0 Å². The lowest BCUT2D eigenvalue weighted by Crippen LogP contribution is -2.05. The second-order valence-corrected chi connectivity index (χ2v) is 5.45. The number of nitrogens with zero attached hydrogens (tertiary/aromatic N) is 2. The van der Waals surface area contributed by atoms with Crippen molar-refractivity contribution < 1.29 is 18.8 Å². The van der Waals surface area contributed by atoms with E-state index in [2.05, 4.69) is 10.1 Å². The van der Waals surface area contributed by atoms with Gasteiger partial charge in [-0.2, -0.15) is 4.98 Å². The van der Waals surface area contributed by atoms with Crippen LogP contribution in [0, 0.1) is 6.92 Å². The molecule has 6 heteroatoms. The van der Waals surface area contributed by atoms with Crippen LogP contribution < -0.4 is 4.74 Å². The molecule has 3 rings (SSSR count). The molecular weight excluding hydrogens is 332 g/mol. The molecular formula is C20H18N2O4. The largest absolute Gasteiger partial charge is 0.485 e. The molecule has 0 saturated heterocycles. The van der Waals surface area contributed by atoms with Crippen LogP contribution >= 0.6 is 0 Å². The third-order valence-corrected chi connectivity index (χ3v) is 3.45. The first-order chi connectivity index (χ1) is 12.7. The second kappa shape index (κ2) is 8.62. The molecule has 132 valence electrons. The SMILES string of the molecule is Cc1nc(COc2ccc(C(=O)OC/C=C/c3ccccc3)cc2)no1. The first kappa shape index (κ1) is 17.4. The van der Waals surface area contributed by atoms with Gasteiger partial charge in [-0.1, -0.05) is 41.6 Å². The standard InChI is InChI=1S/C20H18N2O4/c1-15-21-19(22-26-15)14-25-18-11-9-17(10-12-18)20(23)24-13-5-8-16-6-3-2-4-7-16/h2-12H,13-14H2,1H3/b8-5+. The number of carbonyl (C=O) groups excluding carboxylic acids is 1. The van der Waals surface area contributed by atoms with Gasteiger partial charge in [0.1, 0.15) is 12.4 Å². The van der Waals surface area contributed by atoms with Gasteiger partial charge < -0.3 is 14.0 Å². The molecule has 0 aliphatic heterocycles. The Morgan fingerprint density at radius 3 is 2.58 bits per heavy atom. The molecule has 0 saturated carbocycles. The lowest BCUT2D eigenvalue weighted by atomic mass is 10.2. The van der Waals surface area contributed by atoms with Crippen LogP contribution in [-0.4, -0.2) is 22.7 Å². The van der Waals surface area contributed by atoms with Gasteiger partial charge in [0.2, 0.25) is 11.7 Å². The quantitative estimate of drug-likeness (QED) is 0.603. The van der Waals surface area contributed by atoms with Crippen molar-refractivity contribution >= 4 is 12.0 Å². The Labute approximate surface area is 151 Å². The van der Waals surface area contributed by atoms with E-state index in [0.717, 1.165) is 5.56 Å². The van der Waals surface area contributed by atoms with Gasteiger partial charge in [-0.3, -0.25) is 0 Å². The highest BCUT2D eigenvalue weighted by Crippen LogP contribution is 2.14. The first-order valence-electron chi connectivity index (χ1n) is 8.11. The highest BCUT2D eigenvalue weighted by atomic mass is 16.5. The Kier molecular flexibility index (Phi) is 5.77. The van der Waals surface area contributed by atoms with Crippen LogP contribution in [0.15, 0.2) is 65.2 Å². The molecule has 2 aromatic carbocycles. The summed E-state index contributed by atoms with van der Waals surface area (Å²) >= 11 is 0. The second-order valence-electron chi connectivity index (χ2n) is 5.45. The van der Waals surface area contributed by atoms with Gasteiger partial charge >= 0.3 is 5.97 Å². The molecule has 0 spiro atoms. The monoisotopic (exact) mass is 350 g/mol. The zero-order chi connectivity index (χ0) is 18.2. The van der Waals surface area contributed by atoms with Gasteiger partial charge in [0.05, 0.1) is 5.56 Å². The average molecular weight is 350 g/mol. The topological polar surface area (TPSA) is 74.5 Å². The van der Waals surface area contributed by atoms with E-state index < -0.39 is 0 Å². The van der Waals surface area contributed by atoms with Crippen molar-refractivity contribution in [2.24, 2.45) is 0 Å². The number of ether oxygens (including phenoxy) is 2. The zero-order valence-electron chi connectivity index (χ0n) is 14.3. The van der Waals surface area contributed by atoms with Crippen molar-refractivity contribution in [1.82, 2.24) is 10.1 Å². The molecule has 0 aliphatic rings. The fourth-order valence-corrected chi connectivity index (χ4v) is 2.19. The van der Waals surface area contributed by atoms with Gasteiger partial charge in [-0.25, -0.2) is 4.79 Å². The molecule has 0 fully saturated rings. The predicted octanol–water partition coefficient (Wildman–Crippen LogP) is 3.83. The van der Waals surface area contributed by atoms with Gasteiger partial charge in [-0.05, 0) is 35.9 Å². The number of carbonyl (C=O) groups is 1. The molecule has 0 atom stereocenters. The maximum absolute atomic E-state index is 12.0. The minimum atomic E-state index is -0.386. The minimum absolute atomic E-state index is 0.200. The highest BCUT2D eigenvalue weighted by molar-refractivity contribution is 5.89. The number of aryl methyl sites for hydroxylation is 1. The van der Waals surface area contributed by atoms with Crippen LogP contribution in [0.1, 0.15) is 27.6 Å². The van der Waals surface area contributed by atoms with E-state index in [1.54, 1.807) is 37.3 Å². The van der Waals surface area contributed by atoms with E-state index in [-0.39, 0.29) is 19.2 Å². The average Bonchev–Trinajstić information content (AvgIpc) is 3.10. The summed E-state index contributed by atoms with van der Waals surface area (Å²) in [4.78, 5) is 16.1. The van der Waals surface area contributed by atoms with Gasteiger partial charge in [0.15, 0.2) is 6.61 Å². The van der Waals surface area contributed by atoms with Crippen LogP contribution in [0.2, 0.25) is 0 Å². The number of rotatable bonds is 7. The molecule has 3 aromatic rings. The molecule has 0 N–H and O–H groups in total. The van der Waals surface area contributed by atoms with Gasteiger partial charge in [0.25, 0.3) is 0 Å². The van der Waals surface area contributed by atoms with Crippen molar-refractivity contribution in [3.05, 3.63) is 83.5 Å². The molecule has 6 nitrogen and oxygen atoms in total. The van der Waals surface area contributed by atoms with E-state index in [9.17, 15) is 4.79 Å². The van der Waals surface area contributed by atoms with Crippen LogP contribution in [0.3, 0.4) is 0 Å². The van der Waals surface area contributed by atoms with Crippen LogP contribution in [0.4, 0.5) is 0 Å². The summed E-state index contributed by atoms with van der Waals surface area (Å²) in [6.07, 6.45) is 3.71. The maximum Gasteiger partial charge on any atom is 0.338 e. The number of hydrogen-bond donors (Lipinski definition) is 0. The highest BCUT2D eigenvalue weighted by Gasteiger charge is 2.07. The maximum atomic E-state index is 12.0. The Balaban J connectivity index is 1.46. The molecule has 0 unspecified atom stereocenters. The lowest BCUT2D eigenvalue weighted by molar-refractivity contribution is 0.0550. The van der Waals surface area contributed by atoms with Gasteiger partial charge in [-0.15, -0.1) is 0 Å². The normalized spacial score (nSPS) is 10.8. The molecule has 1 aromatic heterocycles. The molecule has 0 bridgehead atoms. The van der Waals surface area contributed by atoms with Crippen molar-refractivity contribution in [2.45, 2.75) is 13.5 Å². The molecule has 26 heavy (non-hydrogen) atoms. The van der Waals surface area contributed by atoms with E-state index in [1.165, 1.54) is 0 Å². The van der Waals surface area contributed by atoms with Crippen LogP contribution in [-0.2, 0) is 11.3 Å². The van der Waals surface area contributed by atoms with Crippen molar-refractivity contribution in [2.75, 3.05) is 6.61 Å². The third-order valence-electron chi connectivity index (χ3n) is 3.45. The van der Waals surface area contributed by atoms with E-state index in [1.807, 2.05) is 36.4 Å². The smallest absolute Gasteiger partial charge is 0.338 e. The van der Waals surface area contributed by atoms with Crippen molar-refractivity contribution in [3.63, 3.8) is 0 Å². The Hall–Kier alpha value is -3.41. The fourth-order valence-electron chi connectivity index (χ4n) is 2.19. The third kappa shape index (κ3) is 5.04. The summed E-state index contributed by atoms with van der Waals surface area (Å²) in [7, 11) is 0. The number of aromatic nitrogens is 2. The predicted molar refractivity (Wildman–Crippen MR) is 95.6 cm³/mol. The van der Waals surface area contributed by atoms with E-state index in [0.29, 0.717) is 23.0 Å². The minimum Gasteiger partial charge on any atom is -0.485 e. The fraction of sp³-hybridized carbons (Fsp3) is 0.150. The summed E-state index contributed by atoms with van der Waals surface area (Å²) in [5, 5.41) is 3.75. The number of hydrogen-bond acceptors (Lipinski definition) is 6. The number of esters is 1. The lowest BCUT2D eigenvalue weighted by Gasteiger charge is -2.05. The Bertz CT molecular complexity index is 870. The van der Waals surface area contributed by atoms with Crippen LogP contribution in [0.5, 0.6) is 5.75 Å². The first-order valence-corrected chi connectivity index (χ1v) is 8.11. The summed E-state index contributed by atoms with van der Waals surface area (Å²) in [5.41, 5.74) is 1.52. The van der Waals surface area contributed by atoms with Crippen LogP contribution in [0.25, 0.3) is 6.08 Å². The molecule has 1 heterocycles.